The van der Waals surface area contributed by atoms with Gasteiger partial charge in [-0.25, -0.2) is 0 Å². The predicted octanol–water partition coefficient (Wildman–Crippen LogP) is 3.24. The summed E-state index contributed by atoms with van der Waals surface area (Å²) in [7, 11) is 0. The van der Waals surface area contributed by atoms with Crippen LogP contribution in [0, 0.1) is 18.3 Å². The number of carbonyl (C=O) groups excluding carboxylic acids is 1. The highest BCUT2D eigenvalue weighted by Gasteiger charge is 2.19. The lowest BCUT2D eigenvalue weighted by molar-refractivity contribution is 0.0973. The lowest BCUT2D eigenvalue weighted by Crippen LogP contribution is -2.07. The summed E-state index contributed by atoms with van der Waals surface area (Å²) in [6.45, 7) is 2.77. The molecule has 0 amide bonds. The molecule has 0 aliphatic heterocycles. The Morgan fingerprint density at radius 1 is 1.30 bits per heavy atom. The summed E-state index contributed by atoms with van der Waals surface area (Å²) in [6.07, 6.45) is 6.69. The van der Waals surface area contributed by atoms with Crippen molar-refractivity contribution in [1.82, 2.24) is 4.57 Å². The van der Waals surface area contributed by atoms with Gasteiger partial charge in [-0.15, -0.1) is 0 Å². The third-order valence-corrected chi connectivity index (χ3v) is 3.94. The van der Waals surface area contributed by atoms with E-state index in [4.69, 9.17) is 5.26 Å². The molecule has 3 heteroatoms. The summed E-state index contributed by atoms with van der Waals surface area (Å²) in [5.74, 6) is 0.265. The van der Waals surface area contributed by atoms with Crippen molar-refractivity contribution >= 4 is 5.78 Å². The monoisotopic (exact) mass is 264 g/mol. The van der Waals surface area contributed by atoms with E-state index in [1.807, 2.05) is 31.3 Å². The lowest BCUT2D eigenvalue weighted by Gasteiger charge is -2.07. The van der Waals surface area contributed by atoms with E-state index < -0.39 is 0 Å². The van der Waals surface area contributed by atoms with Crippen LogP contribution in [0.1, 0.15) is 45.5 Å². The predicted molar refractivity (Wildman–Crippen MR) is 76.7 cm³/mol. The molecule has 0 N–H and O–H groups in total. The minimum Gasteiger partial charge on any atom is -0.349 e. The minimum absolute atomic E-state index is 0.265. The number of fused-ring (bicyclic) bond motifs is 1. The Kier molecular flexibility index (Phi) is 3.15. The number of Topliss-reactive ketones (excluding diaryl/α,β-unsaturated/α-hetero) is 1. The lowest BCUT2D eigenvalue weighted by atomic mass is 9.95. The second-order valence-corrected chi connectivity index (χ2v) is 5.40. The number of aromatic nitrogens is 1. The van der Waals surface area contributed by atoms with Gasteiger partial charge in [-0.3, -0.25) is 4.79 Å². The van der Waals surface area contributed by atoms with Crippen LogP contribution in [0.25, 0.3) is 0 Å². The van der Waals surface area contributed by atoms with Crippen LogP contribution in [0.15, 0.2) is 30.6 Å². The van der Waals surface area contributed by atoms with Crippen LogP contribution >= 0.6 is 0 Å². The van der Waals surface area contributed by atoms with Gasteiger partial charge in [-0.05, 0) is 48.6 Å². The van der Waals surface area contributed by atoms with Gasteiger partial charge in [-0.1, -0.05) is 6.07 Å². The van der Waals surface area contributed by atoms with E-state index in [2.05, 4.69) is 16.8 Å². The fourth-order valence-electron chi connectivity index (χ4n) is 2.81. The van der Waals surface area contributed by atoms with E-state index in [1.165, 1.54) is 11.1 Å². The average molecular weight is 264 g/mol. The molecule has 100 valence electrons. The van der Waals surface area contributed by atoms with Crippen LogP contribution in [-0.4, -0.2) is 10.4 Å². The summed E-state index contributed by atoms with van der Waals surface area (Å²) < 4.78 is 2.09. The molecular weight excluding hydrogens is 248 g/mol. The number of rotatable bonds is 2. The van der Waals surface area contributed by atoms with Gasteiger partial charge >= 0.3 is 0 Å². The molecule has 1 aromatic carbocycles. The average Bonchev–Trinajstić information content (AvgIpc) is 2.85. The number of ketones is 1. The second-order valence-electron chi connectivity index (χ2n) is 5.40. The van der Waals surface area contributed by atoms with Gasteiger partial charge < -0.3 is 4.57 Å². The first-order chi connectivity index (χ1) is 9.67. The Hall–Kier alpha value is -2.34. The molecule has 1 aliphatic carbocycles. The van der Waals surface area contributed by atoms with Crippen LogP contribution in [0.4, 0.5) is 0 Å². The number of carbonyl (C=O) groups is 1. The van der Waals surface area contributed by atoms with Crippen molar-refractivity contribution in [3.8, 4) is 6.07 Å². The van der Waals surface area contributed by atoms with E-state index in [9.17, 15) is 4.79 Å². The van der Waals surface area contributed by atoms with Crippen molar-refractivity contribution in [3.63, 3.8) is 0 Å². The highest BCUT2D eigenvalue weighted by molar-refractivity contribution is 5.98. The molecule has 1 aliphatic rings. The zero-order valence-electron chi connectivity index (χ0n) is 11.5. The van der Waals surface area contributed by atoms with Crippen LogP contribution < -0.4 is 0 Å². The number of hydrogen-bond acceptors (Lipinski definition) is 2. The Morgan fingerprint density at radius 3 is 2.85 bits per heavy atom. The molecule has 0 atom stereocenters. The topological polar surface area (TPSA) is 45.8 Å². The molecule has 0 spiro atoms. The number of nitriles is 1. The summed E-state index contributed by atoms with van der Waals surface area (Å²) in [5, 5.41) is 8.89. The summed E-state index contributed by atoms with van der Waals surface area (Å²) in [6, 6.07) is 7.90. The minimum atomic E-state index is 0.265. The summed E-state index contributed by atoms with van der Waals surface area (Å²) >= 11 is 0. The molecule has 0 bridgehead atoms. The number of nitrogens with zero attached hydrogens (tertiary/aromatic N) is 2. The maximum absolute atomic E-state index is 11.9. The molecule has 20 heavy (non-hydrogen) atoms. The number of benzene rings is 1. The normalized spacial score (nSPS) is 13.9. The van der Waals surface area contributed by atoms with Gasteiger partial charge in [0.25, 0.3) is 0 Å². The SMILES string of the molecule is Cc1cc(C#N)ccc1Cn1cc2c(c1)C(=O)CCC2. The first-order valence-electron chi connectivity index (χ1n) is 6.89. The van der Waals surface area contributed by atoms with Gasteiger partial charge in [0.15, 0.2) is 5.78 Å². The molecule has 2 aromatic rings. The van der Waals surface area contributed by atoms with Crippen molar-refractivity contribution < 1.29 is 4.79 Å². The van der Waals surface area contributed by atoms with Gasteiger partial charge in [0, 0.05) is 30.9 Å². The largest absolute Gasteiger partial charge is 0.349 e. The Labute approximate surface area is 118 Å². The molecule has 0 saturated carbocycles. The zero-order valence-corrected chi connectivity index (χ0v) is 11.5. The first kappa shape index (κ1) is 12.7. The van der Waals surface area contributed by atoms with Crippen molar-refractivity contribution in [1.29, 1.82) is 5.26 Å². The second kappa shape index (κ2) is 4.97. The molecular formula is C17H16N2O. The third-order valence-electron chi connectivity index (χ3n) is 3.94. The van der Waals surface area contributed by atoms with Crippen molar-refractivity contribution in [3.05, 3.63) is 58.4 Å². The van der Waals surface area contributed by atoms with Crippen LogP contribution in [0.3, 0.4) is 0 Å². The van der Waals surface area contributed by atoms with Crippen molar-refractivity contribution in [2.45, 2.75) is 32.7 Å². The number of aryl methyl sites for hydroxylation is 2. The smallest absolute Gasteiger partial charge is 0.164 e. The quantitative estimate of drug-likeness (QED) is 0.836. The third kappa shape index (κ3) is 2.25. The Bertz CT molecular complexity index is 719. The van der Waals surface area contributed by atoms with E-state index in [1.54, 1.807) is 0 Å². The zero-order chi connectivity index (χ0) is 14.1. The number of hydrogen-bond donors (Lipinski definition) is 0. The van der Waals surface area contributed by atoms with E-state index >= 15 is 0 Å². The molecule has 1 heterocycles. The highest BCUT2D eigenvalue weighted by atomic mass is 16.1. The first-order valence-corrected chi connectivity index (χ1v) is 6.89. The highest BCUT2D eigenvalue weighted by Crippen LogP contribution is 2.23. The molecule has 0 radical (unpaired) electrons. The molecule has 0 unspecified atom stereocenters. The molecule has 3 rings (SSSR count). The summed E-state index contributed by atoms with van der Waals surface area (Å²) in [4.78, 5) is 11.9. The molecule has 3 nitrogen and oxygen atoms in total. The summed E-state index contributed by atoms with van der Waals surface area (Å²) in [5.41, 5.74) is 5.05. The van der Waals surface area contributed by atoms with E-state index in [-0.39, 0.29) is 5.78 Å². The van der Waals surface area contributed by atoms with Gasteiger partial charge in [0.1, 0.15) is 0 Å². The maximum atomic E-state index is 11.9. The van der Waals surface area contributed by atoms with Crippen molar-refractivity contribution in [2.75, 3.05) is 0 Å². The standard InChI is InChI=1S/C17H16N2O/c1-12-7-13(8-18)5-6-14(12)9-19-10-15-3-2-4-17(20)16(15)11-19/h5-7,10-11H,2-4,9H2,1H3. The van der Waals surface area contributed by atoms with Crippen molar-refractivity contribution in [2.24, 2.45) is 0 Å². The van der Waals surface area contributed by atoms with E-state index in [0.717, 1.165) is 30.5 Å². The van der Waals surface area contributed by atoms with Gasteiger partial charge in [0.2, 0.25) is 0 Å². The fourth-order valence-corrected chi connectivity index (χ4v) is 2.81. The van der Waals surface area contributed by atoms with Gasteiger partial charge in [-0.2, -0.15) is 5.26 Å². The molecule has 0 saturated heterocycles. The fraction of sp³-hybridized carbons (Fsp3) is 0.294. The van der Waals surface area contributed by atoms with Crippen LogP contribution in [-0.2, 0) is 13.0 Å². The van der Waals surface area contributed by atoms with Crippen LogP contribution in [0.2, 0.25) is 0 Å². The Morgan fingerprint density at radius 2 is 2.15 bits per heavy atom. The maximum Gasteiger partial charge on any atom is 0.164 e. The molecule has 1 aromatic heterocycles. The van der Waals surface area contributed by atoms with E-state index in [0.29, 0.717) is 12.0 Å². The molecule has 0 fully saturated rings. The van der Waals surface area contributed by atoms with Gasteiger partial charge in [0.05, 0.1) is 11.6 Å². The van der Waals surface area contributed by atoms with Crippen LogP contribution in [0.5, 0.6) is 0 Å². The Balaban J connectivity index is 1.89.